The van der Waals surface area contributed by atoms with Crippen molar-refractivity contribution in [2.45, 2.75) is 13.0 Å². The van der Waals surface area contributed by atoms with Gasteiger partial charge in [0, 0.05) is 13.2 Å². The Morgan fingerprint density at radius 1 is 1.18 bits per heavy atom. The van der Waals surface area contributed by atoms with Crippen LogP contribution in [0, 0.1) is 0 Å². The minimum Gasteiger partial charge on any atom is -0.369 e. The third-order valence-corrected chi connectivity index (χ3v) is 6.91. The molecule has 0 aromatic carbocycles. The first-order chi connectivity index (χ1) is 12.8. The number of hydrogen-bond acceptors (Lipinski definition) is 10. The van der Waals surface area contributed by atoms with E-state index in [-0.39, 0.29) is 36.7 Å². The number of phosphoric acid groups is 2. The van der Waals surface area contributed by atoms with Gasteiger partial charge in [-0.2, -0.15) is 9.29 Å². The van der Waals surface area contributed by atoms with Crippen molar-refractivity contribution in [3.05, 3.63) is 16.7 Å². The maximum Gasteiger partial charge on any atom is 0.488 e. The normalized spacial score (nSPS) is 16.7. The maximum atomic E-state index is 11.6. The minimum atomic E-state index is -5.49. The lowest BCUT2D eigenvalue weighted by Crippen LogP contribution is -2.12. The number of anilines is 1. The molecule has 0 spiro atoms. The summed E-state index contributed by atoms with van der Waals surface area (Å²) in [4.78, 5) is 57.1. The molecule has 2 heterocycles. The summed E-state index contributed by atoms with van der Waals surface area (Å²) in [7, 11) is -15.8. The van der Waals surface area contributed by atoms with Gasteiger partial charge in [0.05, 0.1) is 6.33 Å². The van der Waals surface area contributed by atoms with Gasteiger partial charge in [-0.1, -0.05) is 0 Å². The van der Waals surface area contributed by atoms with Gasteiger partial charge in [0.15, 0.2) is 11.2 Å². The van der Waals surface area contributed by atoms with E-state index in [1.165, 1.54) is 10.9 Å². The number of imidazole rings is 1. The molecule has 2 atom stereocenters. The van der Waals surface area contributed by atoms with Crippen molar-refractivity contribution in [1.82, 2.24) is 19.5 Å². The number of aryl methyl sites for hydroxylation is 1. The molecule has 7 N–H and O–H groups in total. The molecule has 0 aliphatic rings. The number of aromatic nitrogens is 4. The summed E-state index contributed by atoms with van der Waals surface area (Å²) in [5.41, 5.74) is 5.25. The fourth-order valence-corrected chi connectivity index (χ4v) is 5.29. The predicted molar refractivity (Wildman–Crippen MR) is 91.9 cm³/mol. The van der Waals surface area contributed by atoms with Crippen molar-refractivity contribution >= 4 is 40.4 Å². The second-order valence-corrected chi connectivity index (χ2v) is 9.97. The highest BCUT2D eigenvalue weighted by atomic mass is 31.3. The first-order valence-electron chi connectivity index (χ1n) is 7.19. The number of H-pyrrole nitrogens is 1. The van der Waals surface area contributed by atoms with Crippen molar-refractivity contribution in [2.75, 3.05) is 18.7 Å². The Morgan fingerprint density at radius 3 is 2.50 bits per heavy atom. The minimum absolute atomic E-state index is 0.0760. The van der Waals surface area contributed by atoms with Crippen LogP contribution < -0.4 is 11.3 Å². The third-order valence-electron chi connectivity index (χ3n) is 2.88. The lowest BCUT2D eigenvalue weighted by Gasteiger charge is -2.16. The maximum absolute atomic E-state index is 11.6. The number of nitrogens with one attached hydrogen (secondary N) is 1. The molecule has 0 saturated heterocycles. The summed E-state index contributed by atoms with van der Waals surface area (Å²) in [5, 5.41) is 0. The number of nitrogen functional groups attached to an aromatic ring is 1. The van der Waals surface area contributed by atoms with Gasteiger partial charge in [0.1, 0.15) is 6.35 Å². The van der Waals surface area contributed by atoms with E-state index in [1.807, 2.05) is 0 Å². The Morgan fingerprint density at radius 2 is 1.86 bits per heavy atom. The molecule has 0 fully saturated rings. The van der Waals surface area contributed by atoms with Gasteiger partial charge in [-0.15, -0.1) is 0 Å². The zero-order chi connectivity index (χ0) is 21.2. The number of aromatic amines is 1. The van der Waals surface area contributed by atoms with Crippen LogP contribution in [0.5, 0.6) is 0 Å². The highest BCUT2D eigenvalue weighted by Crippen LogP contribution is 2.65. The third kappa shape index (κ3) is 6.87. The van der Waals surface area contributed by atoms with Crippen molar-refractivity contribution < 1.29 is 46.6 Å². The van der Waals surface area contributed by atoms with E-state index in [4.69, 9.17) is 25.2 Å². The van der Waals surface area contributed by atoms with Crippen LogP contribution in [-0.4, -0.2) is 52.0 Å². The average Bonchev–Trinajstić information content (AvgIpc) is 2.86. The fraction of sp³-hybridized carbons (Fsp3) is 0.444. The number of rotatable bonds is 10. The van der Waals surface area contributed by atoms with Crippen molar-refractivity contribution in [1.29, 1.82) is 0 Å². The topological polar surface area (TPSA) is 249 Å². The summed E-state index contributed by atoms with van der Waals surface area (Å²) in [5.74, 6) is -0.0974. The van der Waals surface area contributed by atoms with Crippen LogP contribution >= 0.6 is 23.2 Å². The summed E-state index contributed by atoms with van der Waals surface area (Å²) in [6, 6.07) is 0. The van der Waals surface area contributed by atoms with E-state index in [1.54, 1.807) is 0 Å². The molecule has 2 unspecified atom stereocenters. The van der Waals surface area contributed by atoms with Crippen LogP contribution in [0.3, 0.4) is 0 Å². The molecule has 0 amide bonds. The molecular weight excluding hydrogens is 447 g/mol. The van der Waals surface area contributed by atoms with Gasteiger partial charge in [-0.25, -0.2) is 18.4 Å². The molecule has 28 heavy (non-hydrogen) atoms. The van der Waals surface area contributed by atoms with Gasteiger partial charge >= 0.3 is 23.2 Å². The summed E-state index contributed by atoms with van der Waals surface area (Å²) < 4.78 is 47.0. The van der Waals surface area contributed by atoms with E-state index in [9.17, 15) is 23.4 Å². The molecule has 0 aliphatic heterocycles. The number of hydrogen-bond donors (Lipinski definition) is 6. The number of ether oxygens (including phenoxy) is 1. The zero-order valence-electron chi connectivity index (χ0n) is 13.8. The van der Waals surface area contributed by atoms with Gasteiger partial charge in [-0.3, -0.25) is 14.3 Å². The summed E-state index contributed by atoms with van der Waals surface area (Å²) in [6.07, 6.45) is 0.543. The lowest BCUT2D eigenvalue weighted by molar-refractivity contribution is 0.147. The van der Waals surface area contributed by atoms with E-state index in [2.05, 4.69) is 23.6 Å². The average molecular weight is 463 g/mol. The van der Waals surface area contributed by atoms with Crippen LogP contribution in [0.1, 0.15) is 6.42 Å². The Balaban J connectivity index is 1.84. The SMILES string of the molecule is Nc1nc2c(ncn2CCCOCP(=O)(O)OP(=O)(O)OP(=O)(O)O)c(=O)[nH]1. The monoisotopic (exact) mass is 463 g/mol. The van der Waals surface area contributed by atoms with E-state index in [0.717, 1.165) is 0 Å². The first-order valence-corrected chi connectivity index (χ1v) is 12.0. The van der Waals surface area contributed by atoms with Crippen LogP contribution in [0.25, 0.3) is 11.2 Å². The molecule has 16 nitrogen and oxygen atoms in total. The van der Waals surface area contributed by atoms with Crippen molar-refractivity contribution in [2.24, 2.45) is 0 Å². The molecule has 0 aliphatic carbocycles. The fourth-order valence-electron chi connectivity index (χ4n) is 1.99. The van der Waals surface area contributed by atoms with Crippen molar-refractivity contribution in [3.63, 3.8) is 0 Å². The molecule has 0 saturated carbocycles. The van der Waals surface area contributed by atoms with Gasteiger partial charge in [0.2, 0.25) is 5.95 Å². The molecule has 19 heteroatoms. The Kier molecular flexibility index (Phi) is 6.94. The van der Waals surface area contributed by atoms with E-state index in [0.29, 0.717) is 0 Å². The van der Waals surface area contributed by atoms with Crippen LogP contribution in [0.4, 0.5) is 5.95 Å². The van der Waals surface area contributed by atoms with Crippen LogP contribution in [0.15, 0.2) is 11.1 Å². The second-order valence-electron chi connectivity index (χ2n) is 5.21. The Labute approximate surface area is 155 Å². The summed E-state index contributed by atoms with van der Waals surface area (Å²) >= 11 is 0. The Bertz CT molecular complexity index is 1040. The molecule has 158 valence electrons. The van der Waals surface area contributed by atoms with E-state index >= 15 is 0 Å². The smallest absolute Gasteiger partial charge is 0.369 e. The highest BCUT2D eigenvalue weighted by molar-refractivity contribution is 7.68. The number of fused-ring (bicyclic) bond motifs is 1. The van der Waals surface area contributed by atoms with Gasteiger partial charge in [0.25, 0.3) is 5.56 Å². The lowest BCUT2D eigenvalue weighted by atomic mass is 10.4. The number of nitrogens with two attached hydrogens (primary N) is 1. The van der Waals surface area contributed by atoms with Gasteiger partial charge in [-0.05, 0) is 6.42 Å². The van der Waals surface area contributed by atoms with E-state index < -0.39 is 35.1 Å². The zero-order valence-corrected chi connectivity index (χ0v) is 16.5. The first kappa shape index (κ1) is 22.8. The predicted octanol–water partition coefficient (Wildman–Crippen LogP) is -0.522. The molecular formula is C9H16N5O11P3. The molecule has 0 bridgehead atoms. The standard InChI is InChI=1S/C9H16N5O11P3/c10-9-12-7-6(8(15)13-9)11-4-14(7)2-1-3-23-5-26(16,17)24-28(21,22)25-27(18,19)20/h4H,1-3,5H2,(H,16,17)(H,21,22)(H2,18,19,20)(H3,10,12,13,15). The molecule has 2 rings (SSSR count). The highest BCUT2D eigenvalue weighted by Gasteiger charge is 2.39. The van der Waals surface area contributed by atoms with Crippen molar-refractivity contribution in [3.8, 4) is 0 Å². The number of nitrogens with zero attached hydrogens (tertiary/aromatic N) is 3. The molecule has 0 radical (unpaired) electrons. The quantitative estimate of drug-likeness (QED) is 0.192. The summed E-state index contributed by atoms with van der Waals surface area (Å²) in [6.45, 7) is 0.115. The van der Waals surface area contributed by atoms with Gasteiger partial charge < -0.3 is 34.6 Å². The van der Waals surface area contributed by atoms with Crippen LogP contribution in [-0.2, 0) is 33.6 Å². The van der Waals surface area contributed by atoms with Crippen LogP contribution in [0.2, 0.25) is 0 Å². The molecule has 2 aromatic rings. The molecule has 2 aromatic heterocycles. The largest absolute Gasteiger partial charge is 0.488 e. The Hall–Kier alpha value is -1.44. The second kappa shape index (κ2) is 8.51.